The van der Waals surface area contributed by atoms with Gasteiger partial charge >= 0.3 is 0 Å². The fourth-order valence-electron chi connectivity index (χ4n) is 1.94. The van der Waals surface area contributed by atoms with Gasteiger partial charge in [-0.2, -0.15) is 0 Å². The molecule has 0 amide bonds. The largest absolute Gasteiger partial charge is 0.491 e. The Kier molecular flexibility index (Phi) is 4.81. The lowest BCUT2D eigenvalue weighted by Gasteiger charge is -2.24. The minimum absolute atomic E-state index is 0.0586. The zero-order valence-electron chi connectivity index (χ0n) is 10.5. The highest BCUT2D eigenvalue weighted by molar-refractivity contribution is 5.31. The first-order valence-corrected chi connectivity index (χ1v) is 5.94. The quantitative estimate of drug-likeness (QED) is 0.801. The molecule has 0 radical (unpaired) electrons. The Labute approximate surface area is 98.3 Å². The van der Waals surface area contributed by atoms with Crippen molar-refractivity contribution in [2.24, 2.45) is 0 Å². The van der Waals surface area contributed by atoms with Crippen molar-refractivity contribution in [3.63, 3.8) is 0 Å². The standard InChI is InChI=1S/C14H22O2/c1-4-9-14(2,3)12-5-7-13(8-6-12)16-11-10-15/h5-8,15H,4,9-11H2,1-3H3. The van der Waals surface area contributed by atoms with Gasteiger partial charge in [0.25, 0.3) is 0 Å². The van der Waals surface area contributed by atoms with E-state index in [1.807, 2.05) is 12.1 Å². The van der Waals surface area contributed by atoms with Crippen molar-refractivity contribution in [2.75, 3.05) is 13.2 Å². The van der Waals surface area contributed by atoms with Gasteiger partial charge in [-0.15, -0.1) is 0 Å². The van der Waals surface area contributed by atoms with Crippen LogP contribution < -0.4 is 4.74 Å². The fourth-order valence-corrected chi connectivity index (χ4v) is 1.94. The molecule has 0 aliphatic carbocycles. The molecule has 0 aliphatic heterocycles. The third-order valence-electron chi connectivity index (χ3n) is 2.87. The first kappa shape index (κ1) is 13.0. The average molecular weight is 222 g/mol. The lowest BCUT2D eigenvalue weighted by molar-refractivity contribution is 0.201. The molecule has 1 N–H and O–H groups in total. The number of aliphatic hydroxyl groups is 1. The van der Waals surface area contributed by atoms with Gasteiger partial charge in [0.2, 0.25) is 0 Å². The zero-order valence-corrected chi connectivity index (χ0v) is 10.5. The van der Waals surface area contributed by atoms with Gasteiger partial charge in [-0.05, 0) is 29.5 Å². The maximum atomic E-state index is 8.66. The van der Waals surface area contributed by atoms with E-state index in [0.29, 0.717) is 6.61 Å². The minimum Gasteiger partial charge on any atom is -0.491 e. The van der Waals surface area contributed by atoms with Crippen LogP contribution in [0.2, 0.25) is 0 Å². The normalized spacial score (nSPS) is 11.5. The van der Waals surface area contributed by atoms with Crippen molar-refractivity contribution in [2.45, 2.75) is 39.0 Å². The maximum absolute atomic E-state index is 8.66. The number of benzene rings is 1. The molecule has 0 aromatic heterocycles. The SMILES string of the molecule is CCCC(C)(C)c1ccc(OCCO)cc1. The van der Waals surface area contributed by atoms with Gasteiger partial charge in [0.05, 0.1) is 6.61 Å². The number of hydrogen-bond donors (Lipinski definition) is 1. The first-order chi connectivity index (χ1) is 7.60. The summed E-state index contributed by atoms with van der Waals surface area (Å²) >= 11 is 0. The van der Waals surface area contributed by atoms with E-state index in [4.69, 9.17) is 9.84 Å². The summed E-state index contributed by atoms with van der Waals surface area (Å²) in [6.45, 7) is 7.15. The topological polar surface area (TPSA) is 29.5 Å². The summed E-state index contributed by atoms with van der Waals surface area (Å²) in [6.07, 6.45) is 2.37. The second-order valence-corrected chi connectivity index (χ2v) is 4.73. The molecule has 2 nitrogen and oxygen atoms in total. The molecule has 0 fully saturated rings. The Morgan fingerprint density at radius 1 is 1.19 bits per heavy atom. The highest BCUT2D eigenvalue weighted by Crippen LogP contribution is 2.29. The predicted molar refractivity (Wildman–Crippen MR) is 67.0 cm³/mol. The van der Waals surface area contributed by atoms with Gasteiger partial charge in [-0.1, -0.05) is 39.3 Å². The number of hydrogen-bond acceptors (Lipinski definition) is 2. The van der Waals surface area contributed by atoms with Crippen molar-refractivity contribution in [3.8, 4) is 5.75 Å². The Balaban J connectivity index is 2.70. The van der Waals surface area contributed by atoms with Crippen LogP contribution in [0.25, 0.3) is 0 Å². The predicted octanol–water partition coefficient (Wildman–Crippen LogP) is 3.14. The van der Waals surface area contributed by atoms with Gasteiger partial charge < -0.3 is 9.84 Å². The second-order valence-electron chi connectivity index (χ2n) is 4.73. The molecule has 2 heteroatoms. The molecule has 0 heterocycles. The summed E-state index contributed by atoms with van der Waals surface area (Å²) in [5.74, 6) is 0.824. The van der Waals surface area contributed by atoms with Gasteiger partial charge in [-0.3, -0.25) is 0 Å². The lowest BCUT2D eigenvalue weighted by atomic mass is 9.81. The first-order valence-electron chi connectivity index (χ1n) is 5.94. The second kappa shape index (κ2) is 5.90. The summed E-state index contributed by atoms with van der Waals surface area (Å²) in [6, 6.07) is 8.18. The third kappa shape index (κ3) is 3.53. The van der Waals surface area contributed by atoms with Crippen LogP contribution in [-0.4, -0.2) is 18.3 Å². The Morgan fingerprint density at radius 3 is 2.31 bits per heavy atom. The van der Waals surface area contributed by atoms with Crippen LogP contribution in [0.4, 0.5) is 0 Å². The van der Waals surface area contributed by atoms with E-state index in [2.05, 4.69) is 32.9 Å². The summed E-state index contributed by atoms with van der Waals surface area (Å²) in [4.78, 5) is 0. The fraction of sp³-hybridized carbons (Fsp3) is 0.571. The van der Waals surface area contributed by atoms with E-state index >= 15 is 0 Å². The highest BCUT2D eigenvalue weighted by Gasteiger charge is 2.18. The van der Waals surface area contributed by atoms with E-state index in [0.717, 1.165) is 5.75 Å². The van der Waals surface area contributed by atoms with E-state index in [1.165, 1.54) is 18.4 Å². The van der Waals surface area contributed by atoms with Crippen LogP contribution in [0.1, 0.15) is 39.2 Å². The van der Waals surface area contributed by atoms with Crippen LogP contribution in [0.15, 0.2) is 24.3 Å². The molecule has 0 saturated heterocycles. The molecule has 1 aromatic carbocycles. The molecule has 0 bridgehead atoms. The average Bonchev–Trinajstić information content (AvgIpc) is 2.27. The van der Waals surface area contributed by atoms with Crippen molar-refractivity contribution in [3.05, 3.63) is 29.8 Å². The van der Waals surface area contributed by atoms with Gasteiger partial charge in [-0.25, -0.2) is 0 Å². The van der Waals surface area contributed by atoms with E-state index in [-0.39, 0.29) is 12.0 Å². The molecule has 1 rings (SSSR count). The molecule has 0 unspecified atom stereocenters. The molecule has 0 saturated carbocycles. The molecular weight excluding hydrogens is 200 g/mol. The van der Waals surface area contributed by atoms with Crippen LogP contribution in [0.5, 0.6) is 5.75 Å². The maximum Gasteiger partial charge on any atom is 0.119 e. The van der Waals surface area contributed by atoms with Gasteiger partial charge in [0, 0.05) is 0 Å². The van der Waals surface area contributed by atoms with Crippen LogP contribution in [0, 0.1) is 0 Å². The van der Waals surface area contributed by atoms with Crippen LogP contribution >= 0.6 is 0 Å². The van der Waals surface area contributed by atoms with Crippen molar-refractivity contribution in [1.82, 2.24) is 0 Å². The third-order valence-corrected chi connectivity index (χ3v) is 2.87. The number of aliphatic hydroxyl groups excluding tert-OH is 1. The zero-order chi connectivity index (χ0) is 12.0. The van der Waals surface area contributed by atoms with Crippen molar-refractivity contribution >= 4 is 0 Å². The molecule has 16 heavy (non-hydrogen) atoms. The van der Waals surface area contributed by atoms with Crippen LogP contribution in [0.3, 0.4) is 0 Å². The van der Waals surface area contributed by atoms with Crippen molar-refractivity contribution in [1.29, 1.82) is 0 Å². The van der Waals surface area contributed by atoms with Crippen LogP contribution in [-0.2, 0) is 5.41 Å². The number of ether oxygens (including phenoxy) is 1. The molecule has 0 aliphatic rings. The number of rotatable bonds is 6. The van der Waals surface area contributed by atoms with Gasteiger partial charge in [0.15, 0.2) is 0 Å². The van der Waals surface area contributed by atoms with E-state index < -0.39 is 0 Å². The van der Waals surface area contributed by atoms with Crippen molar-refractivity contribution < 1.29 is 9.84 Å². The summed E-state index contributed by atoms with van der Waals surface area (Å²) in [7, 11) is 0. The summed E-state index contributed by atoms with van der Waals surface area (Å²) in [5.41, 5.74) is 1.57. The molecule has 0 spiro atoms. The summed E-state index contributed by atoms with van der Waals surface area (Å²) in [5, 5.41) is 8.66. The Hall–Kier alpha value is -1.02. The Bertz CT molecular complexity index is 301. The molecule has 90 valence electrons. The molecular formula is C14H22O2. The van der Waals surface area contributed by atoms with Gasteiger partial charge in [0.1, 0.15) is 12.4 Å². The van der Waals surface area contributed by atoms with E-state index in [1.54, 1.807) is 0 Å². The monoisotopic (exact) mass is 222 g/mol. The minimum atomic E-state index is 0.0586. The molecule has 1 aromatic rings. The summed E-state index contributed by atoms with van der Waals surface area (Å²) < 4.78 is 5.33. The Morgan fingerprint density at radius 2 is 1.81 bits per heavy atom. The highest BCUT2D eigenvalue weighted by atomic mass is 16.5. The lowest BCUT2D eigenvalue weighted by Crippen LogP contribution is -2.16. The van der Waals surface area contributed by atoms with E-state index in [9.17, 15) is 0 Å². The molecule has 0 atom stereocenters. The smallest absolute Gasteiger partial charge is 0.119 e.